The van der Waals surface area contributed by atoms with Crippen LogP contribution in [0.4, 0.5) is 15.3 Å². The van der Waals surface area contributed by atoms with Crippen molar-refractivity contribution in [2.75, 3.05) is 46.2 Å². The molecule has 0 saturated carbocycles. The zero-order chi connectivity index (χ0) is 70.1. The molecule has 2 aliphatic rings. The molecule has 2 saturated heterocycles. The van der Waals surface area contributed by atoms with Crippen LogP contribution in [-0.4, -0.2) is 186 Å². The van der Waals surface area contributed by atoms with E-state index in [9.17, 15) is 57.8 Å². The predicted molar refractivity (Wildman–Crippen MR) is 357 cm³/mol. The van der Waals surface area contributed by atoms with Crippen molar-refractivity contribution < 1.29 is 72.1 Å². The van der Waals surface area contributed by atoms with E-state index < -0.39 is 125 Å². The van der Waals surface area contributed by atoms with Crippen molar-refractivity contribution in [3.63, 3.8) is 0 Å². The maximum absolute atomic E-state index is 14.4. The number of nitrogens with two attached hydrogens (primary N) is 1. The number of aliphatic hydroxyl groups is 1. The van der Waals surface area contributed by atoms with E-state index in [1.165, 1.54) is 26.2 Å². The van der Waals surface area contributed by atoms with Crippen molar-refractivity contribution in [2.24, 2.45) is 35.3 Å². The lowest BCUT2D eigenvalue weighted by molar-refractivity contribution is -0.143. The smallest absolute Gasteiger partial charge is 0.410 e. The minimum Gasteiger partial charge on any atom is -0.445 e. The number of hydrogen-bond acceptors (Lipinski definition) is 16. The number of primary amides is 1. The minimum absolute atomic E-state index is 0.0627. The van der Waals surface area contributed by atoms with E-state index in [-0.39, 0.29) is 87.3 Å². The van der Waals surface area contributed by atoms with Crippen LogP contribution in [0, 0.1) is 29.6 Å². The van der Waals surface area contributed by atoms with E-state index in [0.717, 1.165) is 4.90 Å². The highest BCUT2D eigenvalue weighted by Crippen LogP contribution is 2.30. The van der Waals surface area contributed by atoms with Gasteiger partial charge < -0.3 is 67.2 Å². The van der Waals surface area contributed by atoms with Gasteiger partial charge in [-0.05, 0) is 92.4 Å². The molecule has 12 amide bonds. The lowest BCUT2D eigenvalue weighted by atomic mass is 9.90. The number of unbranched alkanes of at least 4 members (excludes halogenated alkanes) is 2. The second-order valence-electron chi connectivity index (χ2n) is 25.8. The van der Waals surface area contributed by atoms with Gasteiger partial charge in [-0.3, -0.25) is 53.0 Å². The Bertz CT molecular complexity index is 2850. The first-order valence-corrected chi connectivity index (χ1v) is 33.4. The Morgan fingerprint density at radius 2 is 1.38 bits per heavy atom. The number of aliphatic hydroxyl groups excluding tert-OH is 1. The van der Waals surface area contributed by atoms with Crippen molar-refractivity contribution in [1.29, 1.82) is 0 Å². The van der Waals surface area contributed by atoms with Crippen molar-refractivity contribution in [1.82, 2.24) is 46.6 Å². The summed E-state index contributed by atoms with van der Waals surface area (Å²) >= 11 is 4.14. The molecular formula is C67H105N11O15S. The zero-order valence-electron chi connectivity index (χ0n) is 57.1. The normalized spacial score (nSPS) is 18.4. The Kier molecular flexibility index (Phi) is 32.7. The number of benzene rings is 2. The summed E-state index contributed by atoms with van der Waals surface area (Å²) in [5.41, 5.74) is 6.76. The summed E-state index contributed by atoms with van der Waals surface area (Å²) in [5.74, 6) is -6.01. The fourth-order valence-corrected chi connectivity index (χ4v) is 12.1. The molecule has 13 atom stereocenters. The molecule has 0 bridgehead atoms. The Hall–Kier alpha value is -7.36. The largest absolute Gasteiger partial charge is 0.445 e. The second kappa shape index (κ2) is 38.9. The maximum atomic E-state index is 14.4. The molecule has 94 heavy (non-hydrogen) atoms. The topological polar surface area (TPSA) is 356 Å². The minimum atomic E-state index is -1.12. The average molecular weight is 1340 g/mol. The number of anilines is 1. The first-order chi connectivity index (χ1) is 44.4. The molecule has 0 aromatic heterocycles. The Morgan fingerprint density at radius 3 is 1.96 bits per heavy atom. The van der Waals surface area contributed by atoms with E-state index in [2.05, 4.69) is 49.8 Å². The number of urea groups is 1. The fourth-order valence-electron chi connectivity index (χ4n) is 11.9. The van der Waals surface area contributed by atoms with Gasteiger partial charge in [-0.1, -0.05) is 118 Å². The first kappa shape index (κ1) is 79.1. The number of ether oxygens (including phenoxy) is 3. The van der Waals surface area contributed by atoms with Gasteiger partial charge in [0, 0.05) is 59.4 Å². The number of thiol groups is 1. The molecule has 524 valence electrons. The van der Waals surface area contributed by atoms with Gasteiger partial charge in [-0.25, -0.2) is 9.59 Å². The van der Waals surface area contributed by atoms with E-state index >= 15 is 0 Å². The molecular weight excluding hydrogens is 1230 g/mol. The predicted octanol–water partition coefficient (Wildman–Crippen LogP) is 4.87. The summed E-state index contributed by atoms with van der Waals surface area (Å²) < 4.78 is 17.6. The van der Waals surface area contributed by atoms with Crippen molar-refractivity contribution in [2.45, 2.75) is 212 Å². The van der Waals surface area contributed by atoms with Gasteiger partial charge in [0.25, 0.3) is 0 Å². The van der Waals surface area contributed by atoms with Gasteiger partial charge in [-0.2, -0.15) is 12.6 Å². The number of hydrogen-bond donors (Lipinski definition) is 10. The third-order valence-corrected chi connectivity index (χ3v) is 18.0. The Balaban J connectivity index is 1.35. The molecule has 2 aliphatic heterocycles. The highest BCUT2D eigenvalue weighted by atomic mass is 32.1. The molecule has 27 heteroatoms. The lowest BCUT2D eigenvalue weighted by Gasteiger charge is -2.37. The number of carbonyl (C=O) groups excluding carboxylic acids is 11. The Labute approximate surface area is 559 Å². The maximum Gasteiger partial charge on any atom is 0.410 e. The molecule has 0 radical (unpaired) electrons. The number of methoxy groups -OCH3 is 2. The van der Waals surface area contributed by atoms with Crippen LogP contribution in [0.3, 0.4) is 0 Å². The van der Waals surface area contributed by atoms with Gasteiger partial charge in [-0.15, -0.1) is 0 Å². The summed E-state index contributed by atoms with van der Waals surface area (Å²) in [6.45, 7) is 18.5. The van der Waals surface area contributed by atoms with Crippen molar-refractivity contribution in [3.8, 4) is 0 Å². The molecule has 2 aromatic carbocycles. The number of nitrogens with zero attached hydrogens (tertiary/aromatic N) is 3. The molecule has 0 spiro atoms. The van der Waals surface area contributed by atoms with Crippen LogP contribution in [0.25, 0.3) is 0 Å². The number of nitrogens with one attached hydrogen (secondary N) is 7. The average Bonchev–Trinajstić information content (AvgIpc) is 1.57. The van der Waals surface area contributed by atoms with Crippen LogP contribution in [0.1, 0.15) is 157 Å². The zero-order valence-corrected chi connectivity index (χ0v) is 58.0. The highest BCUT2D eigenvalue weighted by Gasteiger charge is 2.43. The van der Waals surface area contributed by atoms with E-state index in [1.807, 2.05) is 32.0 Å². The molecule has 10 N–H and O–H groups in total. The summed E-state index contributed by atoms with van der Waals surface area (Å²) in [7, 11) is 4.41. The Morgan fingerprint density at radius 1 is 0.745 bits per heavy atom. The van der Waals surface area contributed by atoms with Crippen molar-refractivity contribution >= 4 is 83.6 Å². The molecule has 13 unspecified atom stereocenters. The second-order valence-corrected chi connectivity index (χ2v) is 26.4. The monoisotopic (exact) mass is 1340 g/mol. The summed E-state index contributed by atoms with van der Waals surface area (Å²) in [6, 6.07) is 8.64. The molecule has 2 aromatic rings. The summed E-state index contributed by atoms with van der Waals surface area (Å²) in [4.78, 5) is 151. The molecule has 0 aliphatic carbocycles. The molecule has 2 fully saturated rings. The number of likely N-dealkylation sites (tertiary alicyclic amines) is 2. The number of amides is 12. The van der Waals surface area contributed by atoms with Crippen LogP contribution >= 0.6 is 12.6 Å². The van der Waals surface area contributed by atoms with Gasteiger partial charge >= 0.3 is 12.1 Å². The van der Waals surface area contributed by atoms with E-state index in [4.69, 9.17) is 19.9 Å². The van der Waals surface area contributed by atoms with Crippen LogP contribution in [0.5, 0.6) is 0 Å². The highest BCUT2D eigenvalue weighted by molar-refractivity contribution is 7.81. The molecule has 2 heterocycles. The van der Waals surface area contributed by atoms with E-state index in [1.54, 1.807) is 96.7 Å². The fraction of sp³-hybridized carbons (Fsp3) is 0.657. The van der Waals surface area contributed by atoms with E-state index in [0.29, 0.717) is 61.9 Å². The third kappa shape index (κ3) is 23.5. The number of carbonyl (C=O) groups is 11. The number of imide groups is 1. The van der Waals surface area contributed by atoms with Gasteiger partial charge in [0.2, 0.25) is 53.2 Å². The van der Waals surface area contributed by atoms with Crippen LogP contribution in [0.2, 0.25) is 0 Å². The first-order valence-electron chi connectivity index (χ1n) is 32.9. The summed E-state index contributed by atoms with van der Waals surface area (Å²) in [6.07, 6.45) is 0.516. The SMILES string of the molecule is CCC(C)C(NC(=O)C(NC(=O)C(C(C)C)N(C)C(=O)OCc1ccc(NC(=O)C(CCCNC(N)=O)NC(=O)C(NC(=O)CCCCCN2C(=O)CC(S)C2=O)C(C)C)cc1)C(C)C)C(CC(=O)N1CCCC1C(OC)C(C)C(=O)NC(C)C(O)c1ccccc1)OC. The third-order valence-electron chi connectivity index (χ3n) is 17.6. The van der Waals surface area contributed by atoms with Gasteiger partial charge in [0.15, 0.2) is 0 Å². The molecule has 26 nitrogen and oxygen atoms in total. The quantitative estimate of drug-likeness (QED) is 0.0244. The van der Waals surface area contributed by atoms with Gasteiger partial charge in [0.1, 0.15) is 30.8 Å². The lowest BCUT2D eigenvalue weighted by Crippen LogP contribution is -2.60. The van der Waals surface area contributed by atoms with Crippen LogP contribution in [-0.2, 0) is 64.0 Å². The standard InChI is InChI=1S/C67H105N11O15S/c1-14-41(8)56(49(91-12)35-52(80)77-34-22-26-48(77)59(92-13)42(9)60(83)70-43(10)58(82)45-23-17-15-18-24-45)75-63(86)55(39(4)5)74-64(87)57(40(6)7)76(11)67(90)93-37-44-28-30-46(31-29-44)71-61(84)47(25-21-32-69-66(68)89)72-62(85)54(38(2)3)73-51(79)27-19-16-20-33-78-53(81)36-50(94)65(78)88/h15,17-18,23-24,28-31,38-43,47-50,54-59,82,94H,14,16,19-22,25-27,32-37H2,1-13H3,(H,70,83)(H,71,84)(H,72,85)(H,73,79)(H,74,87)(H,75,86)(H3,68,69,89). The van der Waals surface area contributed by atoms with Gasteiger partial charge in [0.05, 0.1) is 54.0 Å². The summed E-state index contributed by atoms with van der Waals surface area (Å²) in [5, 5.41) is 30.0. The van der Waals surface area contributed by atoms with Crippen LogP contribution in [0.15, 0.2) is 54.6 Å². The number of rotatable bonds is 38. The number of likely N-dealkylation sites (N-methyl/N-ethyl adjacent to an activating group) is 1. The molecule has 4 rings (SSSR count). The van der Waals surface area contributed by atoms with Crippen molar-refractivity contribution in [3.05, 3.63) is 65.7 Å². The van der Waals surface area contributed by atoms with Crippen LogP contribution < -0.4 is 43.0 Å².